The van der Waals surface area contributed by atoms with E-state index in [2.05, 4.69) is 335 Å². The number of rotatable bonds is 20. The zero-order chi connectivity index (χ0) is 98.7. The fourth-order valence-corrected chi connectivity index (χ4v) is 20.4. The molecule has 27 rings (SSSR count). The molecule has 2 saturated carbocycles. The van der Waals surface area contributed by atoms with E-state index in [4.69, 9.17) is 39.1 Å². The van der Waals surface area contributed by atoms with E-state index in [1.807, 2.05) is 86.2 Å². The molecule has 37 heteroatoms. The van der Waals surface area contributed by atoms with Crippen molar-refractivity contribution in [2.75, 3.05) is 163 Å². The number of hydrogen-bond donors (Lipinski definition) is 7. The van der Waals surface area contributed by atoms with Gasteiger partial charge in [-0.15, -0.1) is 24.8 Å². The molecular formula is C111H122Cl2N32O3. The lowest BCUT2D eigenvalue weighted by Gasteiger charge is -2.36. The first-order valence-corrected chi connectivity index (χ1v) is 51.2. The zero-order valence-electron chi connectivity index (χ0n) is 84.1. The molecule has 0 radical (unpaired) electrons. The molecule has 148 heavy (non-hydrogen) atoms. The van der Waals surface area contributed by atoms with Gasteiger partial charge in [-0.25, -0.2) is 74.8 Å². The molecule has 0 spiro atoms. The lowest BCUT2D eigenvalue weighted by atomic mass is 10.2. The Balaban J connectivity index is 0.000000108. The number of nitrogens with zero attached hydrogens (tertiary/aromatic N) is 25. The highest BCUT2D eigenvalue weighted by molar-refractivity contribution is 6.08. The lowest BCUT2D eigenvalue weighted by Crippen LogP contribution is -2.45. The number of ether oxygens (including phenoxy) is 3. The zero-order valence-corrected chi connectivity index (χ0v) is 85.7. The summed E-state index contributed by atoms with van der Waals surface area (Å²) >= 11 is 0. The van der Waals surface area contributed by atoms with Crippen molar-refractivity contribution in [3.63, 3.8) is 0 Å². The van der Waals surface area contributed by atoms with Crippen LogP contribution >= 0.6 is 24.8 Å². The molecule has 20 aromatic rings. The van der Waals surface area contributed by atoms with Gasteiger partial charge in [0.05, 0.1) is 125 Å². The van der Waals surface area contributed by atoms with Crippen LogP contribution in [0.2, 0.25) is 0 Å². The van der Waals surface area contributed by atoms with E-state index < -0.39 is 0 Å². The summed E-state index contributed by atoms with van der Waals surface area (Å²) in [6.07, 6.45) is 35.3. The molecule has 3 atom stereocenters. The van der Waals surface area contributed by atoms with Crippen LogP contribution in [0.4, 0.5) is 87.3 Å². The topological polar surface area (TPSA) is 346 Å². The molecule has 7 fully saturated rings. The maximum Gasteiger partial charge on any atom is 0.228 e. The summed E-state index contributed by atoms with van der Waals surface area (Å²) in [7, 11) is 0. The van der Waals surface area contributed by atoms with Crippen molar-refractivity contribution in [1.29, 1.82) is 0 Å². The highest BCUT2D eigenvalue weighted by Crippen LogP contribution is 2.43. The first-order chi connectivity index (χ1) is 71.7. The van der Waals surface area contributed by atoms with Crippen LogP contribution in [0, 0.1) is 6.92 Å². The third kappa shape index (κ3) is 21.6. The number of hydrogen-bond acceptors (Lipinski definition) is 30. The highest BCUT2D eigenvalue weighted by Gasteiger charge is 2.30. The van der Waals surface area contributed by atoms with Crippen LogP contribution in [0.3, 0.4) is 0 Å². The standard InChI is InChI=1S/C23H25N7.C23H26N6O.C22H23N7.C22H24N6O.C21H22N6O.2ClH/c1-15-12-20(25-14-19(15)29-10-7-24-8-11-29)27-23-26-13-17-3-2-16-6-9-30(18-4-5-18)22(16)21(17)28-23;1-4-28-10-9-17-5-6-18-11-25-23(27-21(18)22(17)28)26-20-8-7-19(12-24-20)29-13-15(2)30-16(3)14-29;1-2-16-13-25-22(27-20(16)21-15(1)7-10-29(21)17-3-4-17)26-19-6-5-18(14-24-19)28-11-8-23-9-12-28;1-3-27-9-8-16-4-5-17-12-24-22(26-20(17)21(16)27)25-19-7-6-18(13-23-19)28-10-11-29-15(2)14-28;1-2-26-8-7-15-3-4-16-13-23-21(25-19(16)20(15)26)24-18-6-5-17(14-22-18)27-9-11-28-12-10-27;;/h2-3,6,9,12-14,18,24H,4-5,7-8,10-11H2,1H3,(H,25,26,27,28);5-12,15-16H,4,13-14H2,1-3H3,(H,24,25,26,27);1-2,5-7,10,13-14,17,23H,3-4,8-9,11-12H2,(H,24,25,26,27);4-9,12-13,15H,3,10-11,14H2,1-2H3,(H,23,24,25,26);3-8,13-14H,2,9-12H2,1H3,(H,22,23,24,25);2*1H/t;15-,16+;;;;;. The van der Waals surface area contributed by atoms with Crippen molar-refractivity contribution < 1.29 is 14.2 Å². The number of piperazine rings is 2. The summed E-state index contributed by atoms with van der Waals surface area (Å²) in [6, 6.07) is 51.4. The average molecular weight is 2020 g/mol. The summed E-state index contributed by atoms with van der Waals surface area (Å²) < 4.78 is 28.2. The van der Waals surface area contributed by atoms with Gasteiger partial charge in [-0.1, -0.05) is 60.7 Å². The van der Waals surface area contributed by atoms with E-state index in [-0.39, 0.29) is 43.1 Å². The van der Waals surface area contributed by atoms with Gasteiger partial charge in [-0.2, -0.15) is 0 Å². The van der Waals surface area contributed by atoms with Gasteiger partial charge in [0.1, 0.15) is 56.7 Å². The number of benzene rings is 5. The number of anilines is 15. The molecule has 7 aliphatic rings. The van der Waals surface area contributed by atoms with Gasteiger partial charge >= 0.3 is 0 Å². The van der Waals surface area contributed by atoms with Crippen LogP contribution in [0.1, 0.15) is 84.9 Å². The normalized spacial score (nSPS) is 16.9. The van der Waals surface area contributed by atoms with E-state index in [1.165, 1.54) is 74.9 Å². The number of aromatic nitrogens is 20. The highest BCUT2D eigenvalue weighted by atomic mass is 35.5. The quantitative estimate of drug-likeness (QED) is 0.0373. The Bertz CT molecular complexity index is 8050. The minimum absolute atomic E-state index is 0. The number of pyridine rings is 5. The molecule has 15 aromatic heterocycles. The van der Waals surface area contributed by atoms with Crippen LogP contribution in [0.25, 0.3) is 109 Å². The Morgan fingerprint density at radius 3 is 0.966 bits per heavy atom. The van der Waals surface area contributed by atoms with Gasteiger partial charge in [-0.3, -0.25) is 0 Å². The molecule has 20 heterocycles. The van der Waals surface area contributed by atoms with Crippen molar-refractivity contribution in [3.8, 4) is 0 Å². The van der Waals surface area contributed by atoms with Crippen LogP contribution in [-0.2, 0) is 33.8 Å². The Hall–Kier alpha value is -15.4. The maximum atomic E-state index is 5.82. The van der Waals surface area contributed by atoms with Crippen LogP contribution in [0.5, 0.6) is 0 Å². The lowest BCUT2D eigenvalue weighted by molar-refractivity contribution is -0.00523. The Kier molecular flexibility index (Phi) is 29.4. The molecule has 758 valence electrons. The molecule has 5 aromatic carbocycles. The fraction of sp³-hybridized carbons (Fsp3) is 0.324. The van der Waals surface area contributed by atoms with Gasteiger partial charge in [0.2, 0.25) is 29.7 Å². The second-order valence-corrected chi connectivity index (χ2v) is 38.3. The smallest absolute Gasteiger partial charge is 0.228 e. The van der Waals surface area contributed by atoms with Crippen LogP contribution in [0.15, 0.2) is 239 Å². The summed E-state index contributed by atoms with van der Waals surface area (Å²) in [5.74, 6) is 6.53. The maximum absolute atomic E-state index is 5.82. The third-order valence-corrected chi connectivity index (χ3v) is 28.2. The van der Waals surface area contributed by atoms with E-state index in [9.17, 15) is 0 Å². The molecule has 5 saturated heterocycles. The Morgan fingerprint density at radius 2 is 0.615 bits per heavy atom. The summed E-state index contributed by atoms with van der Waals surface area (Å²) in [6.45, 7) is 33.3. The van der Waals surface area contributed by atoms with E-state index in [0.717, 1.165) is 254 Å². The molecule has 2 aliphatic carbocycles. The molecule has 7 N–H and O–H groups in total. The second kappa shape index (κ2) is 44.1. The van der Waals surface area contributed by atoms with Gasteiger partial charge in [0, 0.05) is 239 Å². The number of halogens is 2. The molecule has 35 nitrogen and oxygen atoms in total. The predicted molar refractivity (Wildman–Crippen MR) is 599 cm³/mol. The second-order valence-electron chi connectivity index (χ2n) is 38.3. The van der Waals surface area contributed by atoms with Gasteiger partial charge in [-0.05, 0) is 165 Å². The summed E-state index contributed by atoms with van der Waals surface area (Å²) in [5, 5.41) is 34.3. The molecule has 0 amide bonds. The minimum Gasteiger partial charge on any atom is -0.378 e. The average Bonchev–Trinajstić information content (AvgIpc) is 1.59. The fourth-order valence-electron chi connectivity index (χ4n) is 20.4. The molecule has 1 unspecified atom stereocenters. The molecular weight excluding hydrogens is 1900 g/mol. The van der Waals surface area contributed by atoms with Crippen molar-refractivity contribution in [1.82, 2.24) is 108 Å². The van der Waals surface area contributed by atoms with Crippen molar-refractivity contribution in [2.24, 2.45) is 0 Å². The van der Waals surface area contributed by atoms with E-state index in [0.29, 0.717) is 41.8 Å². The van der Waals surface area contributed by atoms with Gasteiger partial charge in [0.15, 0.2) is 0 Å². The minimum atomic E-state index is 0. The Morgan fingerprint density at radius 1 is 0.304 bits per heavy atom. The first kappa shape index (κ1) is 98.6. The molecule has 5 aliphatic heterocycles. The van der Waals surface area contributed by atoms with Gasteiger partial charge in [0.25, 0.3) is 0 Å². The number of nitrogens with one attached hydrogen (secondary N) is 7. The van der Waals surface area contributed by atoms with Crippen molar-refractivity contribution in [3.05, 3.63) is 244 Å². The SMILES string of the molecule is CCn1ccc2ccc3cnc(Nc4ccc(N5CCOC(C)C5)cn4)nc3c21.CCn1ccc2ccc3cnc(Nc4ccc(N5CCOCC5)cn4)nc3c21.CCn1ccc2ccc3cnc(Nc4ccc(N5C[C@@H](C)O[C@@H](C)C5)cn4)nc3c21.Cc1cc(Nc2ncc3ccc4ccn(C5CC5)c4c3n2)ncc1N1CCNCC1.Cl.Cl.c1cc(Nc2ncc3ccc4ccn(C5CC5)c4c3n2)ncc1N1CCNCC1. The third-order valence-electron chi connectivity index (χ3n) is 28.2. The number of aryl methyl sites for hydroxylation is 4. The number of morpholine rings is 3. The van der Waals surface area contributed by atoms with E-state index >= 15 is 0 Å². The molecule has 0 bridgehead atoms. The summed E-state index contributed by atoms with van der Waals surface area (Å²) in [4.78, 5) is 81.1. The predicted octanol–water partition coefficient (Wildman–Crippen LogP) is 20.0. The number of fused-ring (bicyclic) bond motifs is 15. The Labute approximate surface area is 869 Å². The summed E-state index contributed by atoms with van der Waals surface area (Å²) in [5.41, 5.74) is 17.5. The van der Waals surface area contributed by atoms with Crippen molar-refractivity contribution >= 4 is 221 Å². The van der Waals surface area contributed by atoms with Gasteiger partial charge < -0.3 is 98.8 Å². The van der Waals surface area contributed by atoms with Crippen LogP contribution in [-0.4, -0.2) is 227 Å². The monoisotopic (exact) mass is 2020 g/mol. The first-order valence-electron chi connectivity index (χ1n) is 51.2. The largest absolute Gasteiger partial charge is 0.378 e. The van der Waals surface area contributed by atoms with Crippen LogP contribution < -0.4 is 61.7 Å². The van der Waals surface area contributed by atoms with E-state index in [1.54, 1.807) is 0 Å². The van der Waals surface area contributed by atoms with Crippen molar-refractivity contribution in [2.45, 2.75) is 124 Å².